The first-order chi connectivity index (χ1) is 12.3. The Hall–Kier alpha value is -2.74. The molecule has 0 atom stereocenters. The summed E-state index contributed by atoms with van der Waals surface area (Å²) < 4.78 is 37.5. The van der Waals surface area contributed by atoms with Crippen LogP contribution < -0.4 is 13.8 Å². The van der Waals surface area contributed by atoms with Gasteiger partial charge in [0, 0.05) is 6.07 Å². The number of carboxylic acid groups (broad SMARTS) is 1. The van der Waals surface area contributed by atoms with Crippen LogP contribution >= 0.6 is 0 Å². The van der Waals surface area contributed by atoms with Crippen molar-refractivity contribution in [2.45, 2.75) is 18.7 Å². The number of methoxy groups -OCH3 is 1. The average molecular weight is 379 g/mol. The van der Waals surface area contributed by atoms with Crippen LogP contribution in [0, 0.1) is 6.92 Å². The number of ether oxygens (including phenoxy) is 2. The highest BCUT2D eigenvalue weighted by atomic mass is 32.2. The SMILES string of the molecule is CCOc1cccc(N(CC(=O)O)S(=O)(=O)c2ccc(OC)c(C)c2)c1. The van der Waals surface area contributed by atoms with Gasteiger partial charge in [-0.2, -0.15) is 0 Å². The third-order valence-electron chi connectivity index (χ3n) is 3.65. The van der Waals surface area contributed by atoms with E-state index < -0.39 is 22.5 Å². The summed E-state index contributed by atoms with van der Waals surface area (Å²) >= 11 is 0. The number of hydrogen-bond donors (Lipinski definition) is 1. The maximum Gasteiger partial charge on any atom is 0.324 e. The molecule has 0 aliphatic carbocycles. The topological polar surface area (TPSA) is 93.1 Å². The maximum atomic E-state index is 13.1. The Balaban J connectivity index is 2.53. The van der Waals surface area contributed by atoms with Crippen molar-refractivity contribution in [2.24, 2.45) is 0 Å². The third kappa shape index (κ3) is 4.26. The van der Waals surface area contributed by atoms with Gasteiger partial charge in [0.1, 0.15) is 18.0 Å². The van der Waals surface area contributed by atoms with E-state index in [4.69, 9.17) is 9.47 Å². The van der Waals surface area contributed by atoms with Crippen LogP contribution in [-0.4, -0.2) is 39.8 Å². The van der Waals surface area contributed by atoms with Crippen molar-refractivity contribution < 1.29 is 27.8 Å². The standard InChI is InChI=1S/C18H21NO6S/c1-4-25-15-7-5-6-14(11-15)19(12-18(20)21)26(22,23)16-8-9-17(24-3)13(2)10-16/h5-11H,4,12H2,1-3H3,(H,20,21). The second-order valence-electron chi connectivity index (χ2n) is 5.47. The lowest BCUT2D eigenvalue weighted by Crippen LogP contribution is -2.35. The first kappa shape index (κ1) is 19.6. The van der Waals surface area contributed by atoms with Crippen LogP contribution in [0.25, 0.3) is 0 Å². The molecule has 2 aromatic rings. The number of anilines is 1. The first-order valence-corrected chi connectivity index (χ1v) is 9.35. The van der Waals surface area contributed by atoms with Gasteiger partial charge in [-0.15, -0.1) is 0 Å². The molecule has 2 aromatic carbocycles. The second kappa shape index (κ2) is 8.09. The van der Waals surface area contributed by atoms with Gasteiger partial charge in [0.2, 0.25) is 0 Å². The van der Waals surface area contributed by atoms with Crippen LogP contribution in [0.3, 0.4) is 0 Å². The zero-order chi connectivity index (χ0) is 19.3. The van der Waals surface area contributed by atoms with Gasteiger partial charge in [0.15, 0.2) is 0 Å². The van der Waals surface area contributed by atoms with E-state index in [9.17, 15) is 18.3 Å². The zero-order valence-electron chi connectivity index (χ0n) is 14.8. The van der Waals surface area contributed by atoms with Gasteiger partial charge in [0.25, 0.3) is 10.0 Å². The summed E-state index contributed by atoms with van der Waals surface area (Å²) in [6.07, 6.45) is 0. The number of carbonyl (C=O) groups is 1. The molecule has 0 heterocycles. The van der Waals surface area contributed by atoms with Gasteiger partial charge in [0.05, 0.1) is 24.3 Å². The number of aryl methyl sites for hydroxylation is 1. The quantitative estimate of drug-likeness (QED) is 0.758. The Morgan fingerprint density at radius 1 is 1.19 bits per heavy atom. The van der Waals surface area contributed by atoms with Crippen molar-refractivity contribution in [2.75, 3.05) is 24.6 Å². The molecule has 1 N–H and O–H groups in total. The molecule has 7 nitrogen and oxygen atoms in total. The van der Waals surface area contributed by atoms with Gasteiger partial charge in [-0.05, 0) is 49.7 Å². The molecule has 0 aromatic heterocycles. The van der Waals surface area contributed by atoms with Crippen LogP contribution in [0.4, 0.5) is 5.69 Å². The number of rotatable bonds is 8. The van der Waals surface area contributed by atoms with Crippen molar-refractivity contribution in [3.8, 4) is 11.5 Å². The molecule has 0 saturated heterocycles. The van der Waals surface area contributed by atoms with Crippen LogP contribution in [-0.2, 0) is 14.8 Å². The third-order valence-corrected chi connectivity index (χ3v) is 5.42. The van der Waals surface area contributed by atoms with Gasteiger partial charge in [-0.1, -0.05) is 6.07 Å². The molecule has 0 amide bonds. The summed E-state index contributed by atoms with van der Waals surface area (Å²) in [5, 5.41) is 9.21. The van der Waals surface area contributed by atoms with Gasteiger partial charge >= 0.3 is 5.97 Å². The Bertz CT molecular complexity index is 894. The van der Waals surface area contributed by atoms with E-state index in [-0.39, 0.29) is 10.6 Å². The molecular weight excluding hydrogens is 358 g/mol. The number of hydrogen-bond acceptors (Lipinski definition) is 5. The first-order valence-electron chi connectivity index (χ1n) is 7.91. The van der Waals surface area contributed by atoms with E-state index in [1.165, 1.54) is 37.4 Å². The number of benzene rings is 2. The molecule has 26 heavy (non-hydrogen) atoms. The van der Waals surface area contributed by atoms with Crippen molar-refractivity contribution in [3.63, 3.8) is 0 Å². The lowest BCUT2D eigenvalue weighted by Gasteiger charge is -2.23. The van der Waals surface area contributed by atoms with Crippen molar-refractivity contribution in [1.82, 2.24) is 0 Å². The van der Waals surface area contributed by atoms with Crippen molar-refractivity contribution >= 4 is 21.7 Å². The molecule has 8 heteroatoms. The minimum absolute atomic E-state index is 0.0149. The fraction of sp³-hybridized carbons (Fsp3) is 0.278. The van der Waals surface area contributed by atoms with Crippen molar-refractivity contribution in [1.29, 1.82) is 0 Å². The fourth-order valence-electron chi connectivity index (χ4n) is 2.47. The molecule has 0 saturated carbocycles. The number of sulfonamides is 1. The summed E-state index contributed by atoms with van der Waals surface area (Å²) in [6.45, 7) is 3.23. The predicted molar refractivity (Wildman–Crippen MR) is 97.5 cm³/mol. The van der Waals surface area contributed by atoms with Crippen molar-refractivity contribution in [3.05, 3.63) is 48.0 Å². The smallest absolute Gasteiger partial charge is 0.324 e. The Morgan fingerprint density at radius 3 is 2.50 bits per heavy atom. The Morgan fingerprint density at radius 2 is 1.92 bits per heavy atom. The maximum absolute atomic E-state index is 13.1. The van der Waals surface area contributed by atoms with Gasteiger partial charge < -0.3 is 14.6 Å². The molecule has 0 bridgehead atoms. The molecular formula is C18H21NO6S. The highest BCUT2D eigenvalue weighted by Gasteiger charge is 2.28. The van der Waals surface area contributed by atoms with Crippen LogP contribution in [0.15, 0.2) is 47.4 Å². The number of carboxylic acids is 1. The average Bonchev–Trinajstić information content (AvgIpc) is 2.60. The number of aliphatic carboxylic acids is 1. The summed E-state index contributed by atoms with van der Waals surface area (Å²) in [6, 6.07) is 10.7. The highest BCUT2D eigenvalue weighted by Crippen LogP contribution is 2.29. The summed E-state index contributed by atoms with van der Waals surface area (Å²) in [7, 11) is -2.59. The van der Waals surface area contributed by atoms with Gasteiger partial charge in [-0.3, -0.25) is 9.10 Å². The van der Waals surface area contributed by atoms with E-state index in [1.807, 2.05) is 0 Å². The zero-order valence-corrected chi connectivity index (χ0v) is 15.6. The van der Waals surface area contributed by atoms with E-state index in [1.54, 1.807) is 26.0 Å². The Kier molecular flexibility index (Phi) is 6.10. The minimum Gasteiger partial charge on any atom is -0.496 e. The lowest BCUT2D eigenvalue weighted by atomic mass is 10.2. The number of nitrogens with zero attached hydrogens (tertiary/aromatic N) is 1. The normalized spacial score (nSPS) is 11.0. The highest BCUT2D eigenvalue weighted by molar-refractivity contribution is 7.92. The van der Waals surface area contributed by atoms with E-state index in [0.717, 1.165) is 4.31 Å². The van der Waals surface area contributed by atoms with E-state index >= 15 is 0 Å². The minimum atomic E-state index is -4.09. The van der Waals surface area contributed by atoms with E-state index in [2.05, 4.69) is 0 Å². The molecule has 0 aliphatic rings. The molecule has 0 spiro atoms. The van der Waals surface area contributed by atoms with Crippen LogP contribution in [0.1, 0.15) is 12.5 Å². The second-order valence-corrected chi connectivity index (χ2v) is 7.33. The van der Waals surface area contributed by atoms with Crippen LogP contribution in [0.5, 0.6) is 11.5 Å². The summed E-state index contributed by atoms with van der Waals surface area (Å²) in [4.78, 5) is 11.3. The van der Waals surface area contributed by atoms with Gasteiger partial charge in [-0.25, -0.2) is 8.42 Å². The largest absolute Gasteiger partial charge is 0.496 e. The molecule has 0 unspecified atom stereocenters. The lowest BCUT2D eigenvalue weighted by molar-refractivity contribution is -0.135. The molecule has 0 fully saturated rings. The fourth-order valence-corrected chi connectivity index (χ4v) is 3.96. The molecule has 2 rings (SSSR count). The monoisotopic (exact) mass is 379 g/mol. The molecule has 140 valence electrons. The van der Waals surface area contributed by atoms with Crippen LogP contribution in [0.2, 0.25) is 0 Å². The predicted octanol–water partition coefficient (Wildman–Crippen LogP) is 2.68. The Labute approximate surface area is 152 Å². The van der Waals surface area contributed by atoms with E-state index in [0.29, 0.717) is 23.7 Å². The molecule has 0 radical (unpaired) electrons. The summed E-state index contributed by atoms with van der Waals surface area (Å²) in [5.41, 5.74) is 0.846. The molecule has 0 aliphatic heterocycles. The summed E-state index contributed by atoms with van der Waals surface area (Å²) in [5.74, 6) is -0.255.